The van der Waals surface area contributed by atoms with Crippen LogP contribution in [0.25, 0.3) is 0 Å². The van der Waals surface area contributed by atoms with Crippen molar-refractivity contribution in [1.82, 2.24) is 10.1 Å². The molecule has 0 saturated heterocycles. The van der Waals surface area contributed by atoms with E-state index in [2.05, 4.69) is 20.0 Å². The smallest absolute Gasteiger partial charge is 0.169 e. The second kappa shape index (κ2) is 3.36. The molecule has 2 aromatic rings. The van der Waals surface area contributed by atoms with E-state index < -0.39 is 0 Å². The van der Waals surface area contributed by atoms with Crippen molar-refractivity contribution in [3.63, 3.8) is 0 Å². The highest BCUT2D eigenvalue weighted by atomic mass is 32.1. The highest BCUT2D eigenvalue weighted by Crippen LogP contribution is 2.07. The van der Waals surface area contributed by atoms with Gasteiger partial charge in [0.2, 0.25) is 0 Å². The average Bonchev–Trinajstić information content (AvgIpc) is 2.74. The van der Waals surface area contributed by atoms with Crippen molar-refractivity contribution in [1.29, 1.82) is 0 Å². The molecule has 0 saturated carbocycles. The lowest BCUT2D eigenvalue weighted by Gasteiger charge is -1.96. The molecule has 0 radical (unpaired) electrons. The molecule has 0 amide bonds. The second-order valence-electron chi connectivity index (χ2n) is 2.16. The van der Waals surface area contributed by atoms with Crippen LogP contribution in [0.15, 0.2) is 28.4 Å². The summed E-state index contributed by atoms with van der Waals surface area (Å²) in [6.45, 7) is 0.699. The lowest BCUT2D eigenvalue weighted by Crippen LogP contribution is -1.98. The summed E-state index contributed by atoms with van der Waals surface area (Å²) in [5, 5.41) is 9.76. The lowest BCUT2D eigenvalue weighted by molar-refractivity contribution is 0.422. The fourth-order valence-corrected chi connectivity index (χ4v) is 1.37. The summed E-state index contributed by atoms with van der Waals surface area (Å²) in [6.07, 6.45) is 3.31. The first-order valence-electron chi connectivity index (χ1n) is 3.48. The summed E-state index contributed by atoms with van der Waals surface area (Å²) in [6, 6.07) is 1.77. The zero-order chi connectivity index (χ0) is 8.23. The van der Waals surface area contributed by atoms with E-state index in [0.717, 1.165) is 10.8 Å². The van der Waals surface area contributed by atoms with Gasteiger partial charge >= 0.3 is 0 Å². The van der Waals surface area contributed by atoms with Gasteiger partial charge in [0, 0.05) is 17.6 Å². The Kier molecular flexibility index (Phi) is 2.04. The Hall–Kier alpha value is -1.36. The van der Waals surface area contributed by atoms with E-state index in [-0.39, 0.29) is 0 Å². The fraction of sp³-hybridized carbons (Fsp3) is 0.143. The van der Waals surface area contributed by atoms with Crippen LogP contribution in [0.2, 0.25) is 0 Å². The standard InChI is InChI=1S/C7H7N3OS/c1-3-11-10-6(1)9-5-7-8-2-4-12-7/h1-4H,5H2,(H,9,10). The van der Waals surface area contributed by atoms with Gasteiger partial charge in [-0.3, -0.25) is 0 Å². The Bertz CT molecular complexity index is 282. The molecular formula is C7H7N3OS. The lowest BCUT2D eigenvalue weighted by atomic mass is 10.6. The quantitative estimate of drug-likeness (QED) is 0.783. The highest BCUT2D eigenvalue weighted by Gasteiger charge is 1.96. The molecule has 0 unspecified atom stereocenters. The number of thiazole rings is 1. The number of anilines is 1. The van der Waals surface area contributed by atoms with Crippen molar-refractivity contribution in [2.75, 3.05) is 5.32 Å². The van der Waals surface area contributed by atoms with Gasteiger partial charge in [-0.05, 0) is 0 Å². The van der Waals surface area contributed by atoms with Crippen LogP contribution in [0.1, 0.15) is 5.01 Å². The van der Waals surface area contributed by atoms with Crippen LogP contribution in [0.5, 0.6) is 0 Å². The van der Waals surface area contributed by atoms with E-state index in [4.69, 9.17) is 0 Å². The fourth-order valence-electron chi connectivity index (χ4n) is 0.810. The number of nitrogens with zero attached hydrogens (tertiary/aromatic N) is 2. The zero-order valence-electron chi connectivity index (χ0n) is 6.23. The second-order valence-corrected chi connectivity index (χ2v) is 3.14. The van der Waals surface area contributed by atoms with E-state index in [1.807, 2.05) is 5.38 Å². The molecule has 2 rings (SSSR count). The Balaban J connectivity index is 1.91. The predicted molar refractivity (Wildman–Crippen MR) is 45.9 cm³/mol. The third kappa shape index (κ3) is 1.62. The van der Waals surface area contributed by atoms with Crippen molar-refractivity contribution in [3.8, 4) is 0 Å². The van der Waals surface area contributed by atoms with Gasteiger partial charge in [-0.1, -0.05) is 5.16 Å². The first-order chi connectivity index (χ1) is 5.95. The normalized spacial score (nSPS) is 10.0. The molecule has 0 atom stereocenters. The maximum Gasteiger partial charge on any atom is 0.169 e. The van der Waals surface area contributed by atoms with Crippen LogP contribution in [-0.2, 0) is 6.54 Å². The van der Waals surface area contributed by atoms with E-state index in [0.29, 0.717) is 6.54 Å². The Morgan fingerprint density at radius 3 is 3.25 bits per heavy atom. The molecule has 2 heterocycles. The van der Waals surface area contributed by atoms with Crippen LogP contribution in [-0.4, -0.2) is 10.1 Å². The summed E-state index contributed by atoms with van der Waals surface area (Å²) in [4.78, 5) is 4.11. The first-order valence-corrected chi connectivity index (χ1v) is 4.36. The maximum atomic E-state index is 4.65. The summed E-state index contributed by atoms with van der Waals surface area (Å²) in [5.41, 5.74) is 0. The number of hydrogen-bond acceptors (Lipinski definition) is 5. The van der Waals surface area contributed by atoms with Crippen molar-refractivity contribution in [2.24, 2.45) is 0 Å². The minimum atomic E-state index is 0.699. The van der Waals surface area contributed by atoms with Gasteiger partial charge in [0.1, 0.15) is 11.3 Å². The van der Waals surface area contributed by atoms with Crippen molar-refractivity contribution < 1.29 is 4.52 Å². The maximum absolute atomic E-state index is 4.65. The third-order valence-corrected chi connectivity index (χ3v) is 2.12. The molecule has 62 valence electrons. The van der Waals surface area contributed by atoms with E-state index >= 15 is 0 Å². The number of hydrogen-bond donors (Lipinski definition) is 1. The third-order valence-electron chi connectivity index (χ3n) is 1.34. The van der Waals surface area contributed by atoms with Gasteiger partial charge in [-0.15, -0.1) is 11.3 Å². The first kappa shape index (κ1) is 7.30. The van der Waals surface area contributed by atoms with Gasteiger partial charge in [0.25, 0.3) is 0 Å². The summed E-state index contributed by atoms with van der Waals surface area (Å²) in [5.74, 6) is 0.741. The SMILES string of the molecule is c1csc(CNc2ccon2)n1. The molecule has 5 heteroatoms. The minimum absolute atomic E-state index is 0.699. The minimum Gasteiger partial charge on any atom is -0.363 e. The summed E-state index contributed by atoms with van der Waals surface area (Å²) < 4.78 is 4.65. The van der Waals surface area contributed by atoms with Crippen LogP contribution >= 0.6 is 11.3 Å². The highest BCUT2D eigenvalue weighted by molar-refractivity contribution is 7.09. The number of rotatable bonds is 3. The number of aromatic nitrogens is 2. The van der Waals surface area contributed by atoms with Gasteiger partial charge < -0.3 is 9.84 Å². The summed E-state index contributed by atoms with van der Waals surface area (Å²) >= 11 is 1.61. The molecule has 0 fully saturated rings. The van der Waals surface area contributed by atoms with Crippen LogP contribution in [0, 0.1) is 0 Å². The van der Waals surface area contributed by atoms with Gasteiger partial charge in [-0.25, -0.2) is 4.98 Å². The molecule has 0 aliphatic carbocycles. The van der Waals surface area contributed by atoms with Gasteiger partial charge in [0.15, 0.2) is 5.82 Å². The molecule has 0 bridgehead atoms. The molecular weight excluding hydrogens is 174 g/mol. The van der Waals surface area contributed by atoms with Gasteiger partial charge in [0.05, 0.1) is 6.54 Å². The van der Waals surface area contributed by atoms with Crippen LogP contribution in [0.3, 0.4) is 0 Å². The molecule has 12 heavy (non-hydrogen) atoms. The topological polar surface area (TPSA) is 51.0 Å². The van der Waals surface area contributed by atoms with E-state index in [1.165, 1.54) is 6.26 Å². The molecule has 4 nitrogen and oxygen atoms in total. The largest absolute Gasteiger partial charge is 0.363 e. The van der Waals surface area contributed by atoms with Crippen molar-refractivity contribution in [3.05, 3.63) is 28.9 Å². The van der Waals surface area contributed by atoms with Crippen molar-refractivity contribution >= 4 is 17.2 Å². The predicted octanol–water partition coefficient (Wildman–Crippen LogP) is 1.74. The molecule has 0 aliphatic heterocycles. The molecule has 0 aromatic carbocycles. The van der Waals surface area contributed by atoms with E-state index in [9.17, 15) is 0 Å². The summed E-state index contributed by atoms with van der Waals surface area (Å²) in [7, 11) is 0. The van der Waals surface area contributed by atoms with Crippen LogP contribution in [0.4, 0.5) is 5.82 Å². The molecule has 0 spiro atoms. The van der Waals surface area contributed by atoms with Crippen LogP contribution < -0.4 is 5.32 Å². The van der Waals surface area contributed by atoms with Crippen molar-refractivity contribution in [2.45, 2.75) is 6.54 Å². The van der Waals surface area contributed by atoms with Gasteiger partial charge in [-0.2, -0.15) is 0 Å². The Morgan fingerprint density at radius 2 is 2.58 bits per heavy atom. The molecule has 2 aromatic heterocycles. The average molecular weight is 181 g/mol. The molecule has 0 aliphatic rings. The molecule has 1 N–H and O–H groups in total. The number of nitrogens with one attached hydrogen (secondary N) is 1. The van der Waals surface area contributed by atoms with E-state index in [1.54, 1.807) is 23.6 Å². The Labute approximate surface area is 73.2 Å². The monoisotopic (exact) mass is 181 g/mol. The zero-order valence-corrected chi connectivity index (χ0v) is 7.04. The Morgan fingerprint density at radius 1 is 1.58 bits per heavy atom.